The van der Waals surface area contributed by atoms with Crippen LogP contribution in [0.3, 0.4) is 0 Å². The second-order valence-electron chi connectivity index (χ2n) is 7.50. The highest BCUT2D eigenvalue weighted by atomic mass is 79.9. The van der Waals surface area contributed by atoms with Crippen LogP contribution in [0.25, 0.3) is 0 Å². The molecule has 0 aliphatic carbocycles. The molecule has 0 aromatic heterocycles. The van der Waals surface area contributed by atoms with Crippen LogP contribution in [0, 0.1) is 18.3 Å². The van der Waals surface area contributed by atoms with E-state index in [0.717, 1.165) is 15.6 Å². The molecule has 2 amide bonds. The van der Waals surface area contributed by atoms with Crippen LogP contribution >= 0.6 is 27.7 Å². The maximum atomic E-state index is 13.5. The Hall–Kier alpha value is -3.34. The van der Waals surface area contributed by atoms with Crippen LogP contribution in [0.2, 0.25) is 0 Å². The molecule has 7 heteroatoms. The molecule has 1 heterocycles. The smallest absolute Gasteiger partial charge is 0.269 e. The summed E-state index contributed by atoms with van der Waals surface area (Å²) >= 11 is 4.68. The molecule has 0 radical (unpaired) electrons. The number of carbonyl (C=O) groups excluding carboxylic acids is 2. The highest BCUT2D eigenvalue weighted by molar-refractivity contribution is 9.10. The molecule has 33 heavy (non-hydrogen) atoms. The third kappa shape index (κ3) is 5.03. The fourth-order valence-electron chi connectivity index (χ4n) is 3.57. The Morgan fingerprint density at radius 1 is 1.06 bits per heavy atom. The second-order valence-corrected chi connectivity index (χ2v) is 9.61. The summed E-state index contributed by atoms with van der Waals surface area (Å²) in [4.78, 5) is 28.1. The number of para-hydroxylation sites is 1. The van der Waals surface area contributed by atoms with E-state index in [2.05, 4.69) is 21.2 Å². The van der Waals surface area contributed by atoms with Gasteiger partial charge in [0.15, 0.2) is 0 Å². The number of rotatable bonds is 5. The third-order valence-corrected chi connectivity index (χ3v) is 7.08. The van der Waals surface area contributed by atoms with Gasteiger partial charge in [0.2, 0.25) is 5.91 Å². The van der Waals surface area contributed by atoms with Gasteiger partial charge in [0.25, 0.3) is 5.91 Å². The van der Waals surface area contributed by atoms with E-state index in [1.807, 2.05) is 55.5 Å². The van der Waals surface area contributed by atoms with E-state index < -0.39 is 11.2 Å². The van der Waals surface area contributed by atoms with E-state index >= 15 is 0 Å². The van der Waals surface area contributed by atoms with Crippen molar-refractivity contribution in [3.05, 3.63) is 105 Å². The van der Waals surface area contributed by atoms with Crippen LogP contribution in [0.4, 0.5) is 11.4 Å². The van der Waals surface area contributed by atoms with Gasteiger partial charge in [-0.15, -0.1) is 0 Å². The van der Waals surface area contributed by atoms with Crippen molar-refractivity contribution in [2.24, 2.45) is 0 Å². The second kappa shape index (κ2) is 10.1. The van der Waals surface area contributed by atoms with E-state index in [1.165, 1.54) is 16.7 Å². The molecule has 1 N–H and O–H groups in total. The van der Waals surface area contributed by atoms with Crippen LogP contribution < -0.4 is 10.2 Å². The van der Waals surface area contributed by atoms with E-state index in [1.54, 1.807) is 36.4 Å². The van der Waals surface area contributed by atoms with Crippen LogP contribution in [0.5, 0.6) is 0 Å². The molecule has 1 aliphatic heterocycles. The fraction of sp³-hybridized carbons (Fsp3) is 0.115. The highest BCUT2D eigenvalue weighted by Gasteiger charge is 2.41. The maximum absolute atomic E-state index is 13.5. The number of carbonyl (C=O) groups is 2. The first-order valence-electron chi connectivity index (χ1n) is 10.3. The van der Waals surface area contributed by atoms with Gasteiger partial charge in [-0.3, -0.25) is 14.5 Å². The van der Waals surface area contributed by atoms with Gasteiger partial charge in [0.05, 0.1) is 5.25 Å². The van der Waals surface area contributed by atoms with Gasteiger partial charge >= 0.3 is 0 Å². The molecule has 1 unspecified atom stereocenters. The van der Waals surface area contributed by atoms with Crippen molar-refractivity contribution in [2.75, 3.05) is 10.2 Å². The molecule has 5 nitrogen and oxygen atoms in total. The largest absolute Gasteiger partial charge is 0.321 e. The number of benzene rings is 3. The Balaban J connectivity index is 1.74. The van der Waals surface area contributed by atoms with Gasteiger partial charge in [-0.2, -0.15) is 5.26 Å². The van der Waals surface area contributed by atoms with Crippen molar-refractivity contribution in [1.29, 1.82) is 5.26 Å². The summed E-state index contributed by atoms with van der Waals surface area (Å²) in [6.45, 7) is 2.01. The summed E-state index contributed by atoms with van der Waals surface area (Å²) in [5.41, 5.74) is 3.26. The summed E-state index contributed by atoms with van der Waals surface area (Å²) in [7, 11) is 0. The number of hydrogen-bond acceptors (Lipinski definition) is 4. The van der Waals surface area contributed by atoms with Crippen molar-refractivity contribution in [1.82, 2.24) is 0 Å². The lowest BCUT2D eigenvalue weighted by atomic mass is 10.0. The molecule has 3 aromatic carbocycles. The van der Waals surface area contributed by atoms with Crippen molar-refractivity contribution in [3.8, 4) is 6.07 Å². The van der Waals surface area contributed by atoms with Crippen LogP contribution in [-0.4, -0.2) is 17.1 Å². The number of nitriles is 1. The molecule has 0 bridgehead atoms. The predicted molar refractivity (Wildman–Crippen MR) is 136 cm³/mol. The summed E-state index contributed by atoms with van der Waals surface area (Å²) in [6.07, 6.45) is 0.506. The molecule has 164 valence electrons. The molecule has 3 aromatic rings. The number of halogens is 1. The first-order chi connectivity index (χ1) is 16.0. The van der Waals surface area contributed by atoms with Gasteiger partial charge < -0.3 is 5.32 Å². The van der Waals surface area contributed by atoms with Crippen molar-refractivity contribution < 1.29 is 9.59 Å². The molecule has 1 fully saturated rings. The van der Waals surface area contributed by atoms with Crippen molar-refractivity contribution >= 4 is 50.9 Å². The zero-order valence-corrected chi connectivity index (χ0v) is 20.2. The third-order valence-electron chi connectivity index (χ3n) is 5.29. The SMILES string of the molecule is Cc1ccccc1CC1S/C(=C(/C#N)C(=O)Nc2ccccc2)N(c2ccc(Br)cc2)C1=O. The lowest BCUT2D eigenvalue weighted by molar-refractivity contribution is -0.117. The van der Waals surface area contributed by atoms with E-state index in [-0.39, 0.29) is 11.5 Å². The van der Waals surface area contributed by atoms with E-state index in [0.29, 0.717) is 22.8 Å². The van der Waals surface area contributed by atoms with Crippen molar-refractivity contribution in [2.45, 2.75) is 18.6 Å². The number of nitrogens with one attached hydrogen (secondary N) is 1. The Kier molecular flexibility index (Phi) is 6.97. The van der Waals surface area contributed by atoms with Crippen LogP contribution in [0.15, 0.2) is 93.9 Å². The van der Waals surface area contributed by atoms with Crippen LogP contribution in [-0.2, 0) is 16.0 Å². The van der Waals surface area contributed by atoms with Gasteiger partial charge in [-0.25, -0.2) is 0 Å². The highest BCUT2D eigenvalue weighted by Crippen LogP contribution is 2.42. The molecule has 0 spiro atoms. The topological polar surface area (TPSA) is 73.2 Å². The number of nitrogens with zero attached hydrogens (tertiary/aromatic N) is 2. The molecular weight excluding hydrogens is 498 g/mol. The number of aryl methyl sites for hydroxylation is 1. The molecule has 4 rings (SSSR count). The average Bonchev–Trinajstić information content (AvgIpc) is 3.12. The molecule has 1 aliphatic rings. The lowest BCUT2D eigenvalue weighted by Crippen LogP contribution is -2.31. The van der Waals surface area contributed by atoms with Gasteiger partial charge in [-0.05, 0) is 60.9 Å². The average molecular weight is 518 g/mol. The minimum atomic E-state index is -0.544. The number of amides is 2. The number of hydrogen-bond donors (Lipinski definition) is 1. The van der Waals surface area contributed by atoms with Crippen LogP contribution in [0.1, 0.15) is 11.1 Å². The fourth-order valence-corrected chi connectivity index (χ4v) is 5.13. The Bertz CT molecular complexity index is 1270. The Labute approximate surface area is 205 Å². The summed E-state index contributed by atoms with van der Waals surface area (Å²) < 4.78 is 0.870. The summed E-state index contributed by atoms with van der Waals surface area (Å²) in [5.74, 6) is -0.696. The molecular formula is C26H20BrN3O2S. The molecule has 1 atom stereocenters. The van der Waals surface area contributed by atoms with Gasteiger partial charge in [-0.1, -0.05) is 70.2 Å². The minimum absolute atomic E-state index is 0.0904. The summed E-state index contributed by atoms with van der Waals surface area (Å²) in [6, 6.07) is 26.1. The number of anilines is 2. The first-order valence-corrected chi connectivity index (χ1v) is 12.0. The predicted octanol–water partition coefficient (Wildman–Crippen LogP) is 5.82. The van der Waals surface area contributed by atoms with E-state index in [9.17, 15) is 14.9 Å². The van der Waals surface area contributed by atoms with Crippen molar-refractivity contribution in [3.63, 3.8) is 0 Å². The first kappa shape index (κ1) is 22.8. The Morgan fingerprint density at radius 3 is 2.39 bits per heavy atom. The van der Waals surface area contributed by atoms with E-state index in [4.69, 9.17) is 0 Å². The normalized spacial score (nSPS) is 16.9. The van der Waals surface area contributed by atoms with Gasteiger partial charge in [0, 0.05) is 15.8 Å². The summed E-state index contributed by atoms with van der Waals surface area (Å²) in [5, 5.41) is 12.6. The quantitative estimate of drug-likeness (QED) is 0.341. The zero-order chi connectivity index (χ0) is 23.4. The van der Waals surface area contributed by atoms with Gasteiger partial charge in [0.1, 0.15) is 16.7 Å². The monoisotopic (exact) mass is 517 g/mol. The zero-order valence-electron chi connectivity index (χ0n) is 17.8. The lowest BCUT2D eigenvalue weighted by Gasteiger charge is -2.19. The molecule has 0 saturated carbocycles. The number of thioether (sulfide) groups is 1. The maximum Gasteiger partial charge on any atom is 0.269 e. The Morgan fingerprint density at radius 2 is 1.73 bits per heavy atom. The standard InChI is InChI=1S/C26H20BrN3O2S/c1-17-7-5-6-8-18(17)15-23-25(32)30(21-13-11-19(27)12-14-21)26(33-23)22(16-28)24(31)29-20-9-3-2-4-10-20/h2-14,23H,15H2,1H3,(H,29,31)/b26-22-. The minimum Gasteiger partial charge on any atom is -0.321 e. The molecule has 1 saturated heterocycles.